The molecule has 8 bridgehead atoms. The van der Waals surface area contributed by atoms with E-state index in [1.807, 2.05) is 0 Å². The Kier molecular flexibility index (Phi) is 4.80. The van der Waals surface area contributed by atoms with Crippen LogP contribution >= 0.6 is 0 Å². The highest BCUT2D eigenvalue weighted by molar-refractivity contribution is 6.08. The van der Waals surface area contributed by atoms with Crippen LogP contribution in [0, 0.1) is 34.0 Å². The van der Waals surface area contributed by atoms with Crippen LogP contribution in [0.25, 0.3) is 16.7 Å². The molecule has 0 amide bonds. The van der Waals surface area contributed by atoms with Gasteiger partial charge in [0.05, 0.1) is 11.5 Å². The molecule has 3 heteroatoms. The van der Waals surface area contributed by atoms with Crippen molar-refractivity contribution >= 4 is 11.8 Å². The molecule has 242 valence electrons. The summed E-state index contributed by atoms with van der Waals surface area (Å²) in [7, 11) is 0. The first kappa shape index (κ1) is 27.5. The number of benzene rings is 3. The van der Waals surface area contributed by atoms with Gasteiger partial charge >= 0.3 is 0 Å². The molecule has 8 fully saturated rings. The SMILES string of the molecule is C[C@@H]1C=CC2=C(C=N1)C1(c3ccc(CC45CC6CC(C4)CC5(C45CC7CC(N)(CC4(N)C7)C5)C6)cc32)c2ccccc2-c2ccccc21. The summed E-state index contributed by atoms with van der Waals surface area (Å²) in [4.78, 5) is 5.09. The molecule has 1 spiro atoms. The van der Waals surface area contributed by atoms with Crippen molar-refractivity contribution in [2.45, 2.75) is 100 Å². The van der Waals surface area contributed by atoms with Crippen LogP contribution in [-0.2, 0) is 11.8 Å². The number of aliphatic imine (C=N–C) groups is 1. The molecule has 3 aromatic rings. The van der Waals surface area contributed by atoms with Gasteiger partial charge in [0.25, 0.3) is 0 Å². The number of nitrogens with two attached hydrogens (primary N) is 2. The lowest BCUT2D eigenvalue weighted by molar-refractivity contribution is -0.0787. The van der Waals surface area contributed by atoms with Crippen molar-refractivity contribution < 1.29 is 0 Å². The van der Waals surface area contributed by atoms with Crippen molar-refractivity contribution in [1.82, 2.24) is 0 Å². The quantitative estimate of drug-likeness (QED) is 0.305. The van der Waals surface area contributed by atoms with Crippen LogP contribution in [0.3, 0.4) is 0 Å². The lowest BCUT2D eigenvalue weighted by atomic mass is 9.47. The van der Waals surface area contributed by atoms with Gasteiger partial charge in [-0.2, -0.15) is 0 Å². The molecule has 3 aromatic carbocycles. The van der Waals surface area contributed by atoms with E-state index in [1.165, 1.54) is 114 Å². The van der Waals surface area contributed by atoms with Gasteiger partial charge < -0.3 is 11.5 Å². The summed E-state index contributed by atoms with van der Waals surface area (Å²) in [6, 6.07) is 26.1. The summed E-state index contributed by atoms with van der Waals surface area (Å²) in [5, 5.41) is 0. The minimum absolute atomic E-state index is 0.0189. The normalized spacial score (nSPS) is 43.7. The fourth-order valence-corrected chi connectivity index (χ4v) is 16.0. The molecule has 7 atom stereocenters. The Morgan fingerprint density at radius 1 is 0.708 bits per heavy atom. The standard InChI is InChI=1S/C45H47N3/c1-27-10-12-34-35-15-28(11-13-38(35)45(39(34)24-48-27)36-8-4-2-6-32(36)33-7-3-5-9-37(33)45)16-40-17-29-14-30(18-40)21-42(40,20-29)43-22-31-19-41(46,25-43)26-44(43,47)23-31/h2-13,15,24,27,29-31H,14,16-23,25-26,46-47H2,1H3/t27-,29?,30?,31?,40?,41?,42?,43?,44?/m1/s1. The highest BCUT2D eigenvalue weighted by Crippen LogP contribution is 2.86. The smallest absolute Gasteiger partial charge is 0.0740 e. The van der Waals surface area contributed by atoms with E-state index in [-0.39, 0.29) is 27.9 Å². The molecule has 0 radical (unpaired) electrons. The Labute approximate surface area is 285 Å². The molecule has 4 N–H and O–H groups in total. The van der Waals surface area contributed by atoms with Crippen molar-refractivity contribution in [3.8, 4) is 11.1 Å². The number of hydrogen-bond donors (Lipinski definition) is 2. The largest absolute Gasteiger partial charge is 0.325 e. The number of allylic oxidation sites excluding steroid dienone is 3. The highest BCUT2D eigenvalue weighted by Gasteiger charge is 2.82. The van der Waals surface area contributed by atoms with Gasteiger partial charge in [0, 0.05) is 17.3 Å². The van der Waals surface area contributed by atoms with E-state index in [4.69, 9.17) is 16.5 Å². The zero-order valence-electron chi connectivity index (χ0n) is 28.3. The number of rotatable bonds is 3. The minimum atomic E-state index is -0.332. The van der Waals surface area contributed by atoms with Crippen LogP contribution in [0.1, 0.15) is 98.9 Å². The maximum atomic E-state index is 7.66. The maximum Gasteiger partial charge on any atom is 0.0740 e. The average molecular weight is 630 g/mol. The number of hydrogen-bond acceptors (Lipinski definition) is 3. The van der Waals surface area contributed by atoms with Crippen LogP contribution in [0.15, 0.2) is 89.4 Å². The first-order valence-electron chi connectivity index (χ1n) is 19.1. The molecule has 10 aliphatic carbocycles. The van der Waals surface area contributed by atoms with Crippen LogP contribution in [0.5, 0.6) is 0 Å². The predicted octanol–water partition coefficient (Wildman–Crippen LogP) is 8.53. The van der Waals surface area contributed by atoms with E-state index < -0.39 is 0 Å². The third-order valence-corrected chi connectivity index (χ3v) is 16.4. The maximum absolute atomic E-state index is 7.66. The molecule has 0 saturated heterocycles. The first-order valence-corrected chi connectivity index (χ1v) is 19.1. The summed E-state index contributed by atoms with van der Waals surface area (Å²) < 4.78 is 0. The monoisotopic (exact) mass is 629 g/mol. The third kappa shape index (κ3) is 2.88. The molecule has 3 nitrogen and oxygen atoms in total. The minimum Gasteiger partial charge on any atom is -0.325 e. The zero-order chi connectivity index (χ0) is 31.9. The Balaban J connectivity index is 1.04. The second-order valence-electron chi connectivity index (χ2n) is 18.7. The molecular formula is C45H47N3. The van der Waals surface area contributed by atoms with E-state index in [9.17, 15) is 0 Å². The summed E-state index contributed by atoms with van der Waals surface area (Å²) in [6.07, 6.45) is 21.3. The lowest BCUT2D eigenvalue weighted by Crippen LogP contribution is -2.59. The third-order valence-electron chi connectivity index (χ3n) is 16.4. The lowest BCUT2D eigenvalue weighted by Gasteiger charge is -2.58. The molecule has 6 unspecified atom stereocenters. The summed E-state index contributed by atoms with van der Waals surface area (Å²) in [5.74, 6) is 2.50. The van der Waals surface area contributed by atoms with E-state index >= 15 is 0 Å². The van der Waals surface area contributed by atoms with Gasteiger partial charge in [-0.1, -0.05) is 78.9 Å². The van der Waals surface area contributed by atoms with E-state index in [0.29, 0.717) is 10.8 Å². The summed E-state index contributed by atoms with van der Waals surface area (Å²) >= 11 is 0. The molecule has 8 saturated carbocycles. The van der Waals surface area contributed by atoms with Gasteiger partial charge in [-0.05, 0) is 162 Å². The van der Waals surface area contributed by atoms with Gasteiger partial charge in [0.1, 0.15) is 0 Å². The van der Waals surface area contributed by atoms with Crippen molar-refractivity contribution in [1.29, 1.82) is 0 Å². The molecule has 11 aliphatic rings. The highest BCUT2D eigenvalue weighted by atomic mass is 15.0. The topological polar surface area (TPSA) is 64.4 Å². The molecule has 48 heavy (non-hydrogen) atoms. The van der Waals surface area contributed by atoms with Gasteiger partial charge in [0.2, 0.25) is 0 Å². The Hall–Kier alpha value is -3.27. The molecular weight excluding hydrogens is 583 g/mol. The molecule has 0 aromatic heterocycles. The van der Waals surface area contributed by atoms with Crippen LogP contribution in [-0.4, -0.2) is 23.3 Å². The van der Waals surface area contributed by atoms with E-state index in [1.54, 1.807) is 0 Å². The Bertz CT molecular complexity index is 2020. The number of fused-ring (bicyclic) bond motifs is 9. The van der Waals surface area contributed by atoms with Crippen LogP contribution < -0.4 is 11.5 Å². The van der Waals surface area contributed by atoms with Gasteiger partial charge in [-0.15, -0.1) is 0 Å². The van der Waals surface area contributed by atoms with Crippen molar-refractivity contribution in [2.24, 2.45) is 50.5 Å². The Morgan fingerprint density at radius 2 is 1.40 bits per heavy atom. The average Bonchev–Trinajstić information content (AvgIpc) is 3.70. The fraction of sp³-hybridized carbons (Fsp3) is 0.489. The first-order chi connectivity index (χ1) is 23.2. The second kappa shape index (κ2) is 8.36. The second-order valence-corrected chi connectivity index (χ2v) is 18.7. The zero-order valence-corrected chi connectivity index (χ0v) is 28.3. The number of nitrogens with zero attached hydrogens (tertiary/aromatic N) is 1. The summed E-state index contributed by atoms with van der Waals surface area (Å²) in [5.41, 5.74) is 28.1. The van der Waals surface area contributed by atoms with E-state index in [0.717, 1.165) is 24.2 Å². The summed E-state index contributed by atoms with van der Waals surface area (Å²) in [6.45, 7) is 2.21. The molecule has 14 rings (SSSR count). The van der Waals surface area contributed by atoms with Crippen LogP contribution in [0.2, 0.25) is 0 Å². The molecule has 1 aliphatic heterocycles. The van der Waals surface area contributed by atoms with Crippen LogP contribution in [0.4, 0.5) is 0 Å². The van der Waals surface area contributed by atoms with Gasteiger partial charge in [-0.25, -0.2) is 0 Å². The predicted molar refractivity (Wildman–Crippen MR) is 194 cm³/mol. The van der Waals surface area contributed by atoms with Crippen molar-refractivity contribution in [3.63, 3.8) is 0 Å². The fourth-order valence-electron chi connectivity index (χ4n) is 16.0. The van der Waals surface area contributed by atoms with Gasteiger partial charge in [-0.3, -0.25) is 4.99 Å². The van der Waals surface area contributed by atoms with Gasteiger partial charge in [0.15, 0.2) is 0 Å². The molecule has 1 heterocycles. The van der Waals surface area contributed by atoms with Crippen molar-refractivity contribution in [3.05, 3.63) is 112 Å². The Morgan fingerprint density at radius 3 is 2.12 bits per heavy atom. The van der Waals surface area contributed by atoms with Crippen molar-refractivity contribution in [2.75, 3.05) is 0 Å². The van der Waals surface area contributed by atoms with E-state index in [2.05, 4.69) is 92.0 Å².